The molecule has 3 aromatic carbocycles. The van der Waals surface area contributed by atoms with Crippen LogP contribution in [0.5, 0.6) is 0 Å². The third-order valence-electron chi connectivity index (χ3n) is 6.11. The monoisotopic (exact) mass is 470 g/mol. The molecule has 6 heteroatoms. The molecule has 2 amide bonds. The Bertz CT molecular complexity index is 1430. The molecule has 174 valence electrons. The smallest absolute Gasteiger partial charge is 0.249 e. The minimum absolute atomic E-state index is 0.310. The van der Waals surface area contributed by atoms with E-state index in [1.807, 2.05) is 72.8 Å². The second kappa shape index (κ2) is 9.64. The normalized spacial score (nSPS) is 10.7. The summed E-state index contributed by atoms with van der Waals surface area (Å²) in [4.78, 5) is 33.1. The highest BCUT2D eigenvalue weighted by Crippen LogP contribution is 2.39. The number of primary amides is 2. The van der Waals surface area contributed by atoms with Gasteiger partial charge in [-0.25, -0.2) is 0 Å². The minimum Gasteiger partial charge on any atom is -0.366 e. The zero-order valence-electron chi connectivity index (χ0n) is 19.3. The molecule has 0 spiro atoms. The van der Waals surface area contributed by atoms with Crippen LogP contribution in [0.15, 0.2) is 110 Å². The van der Waals surface area contributed by atoms with Crippen LogP contribution >= 0.6 is 0 Å². The van der Waals surface area contributed by atoms with E-state index in [-0.39, 0.29) is 0 Å². The van der Waals surface area contributed by atoms with Crippen molar-refractivity contribution in [2.75, 3.05) is 0 Å². The number of carbonyl (C=O) groups is 2. The zero-order chi connectivity index (χ0) is 25.1. The first-order valence-corrected chi connectivity index (χ1v) is 11.3. The highest BCUT2D eigenvalue weighted by atomic mass is 16.1. The van der Waals surface area contributed by atoms with Crippen LogP contribution in [0.3, 0.4) is 0 Å². The van der Waals surface area contributed by atoms with E-state index in [0.29, 0.717) is 22.3 Å². The highest BCUT2D eigenvalue weighted by molar-refractivity contribution is 6.10. The number of nitrogens with zero attached hydrogens (tertiary/aromatic N) is 2. The van der Waals surface area contributed by atoms with E-state index in [0.717, 1.165) is 33.4 Å². The molecule has 0 radical (unpaired) electrons. The Morgan fingerprint density at radius 2 is 0.694 bits per heavy atom. The molecular formula is C30H22N4O2. The maximum atomic E-state index is 12.5. The van der Waals surface area contributed by atoms with Gasteiger partial charge in [-0.3, -0.25) is 19.6 Å². The lowest BCUT2D eigenvalue weighted by Gasteiger charge is -2.18. The average molecular weight is 471 g/mol. The van der Waals surface area contributed by atoms with Crippen LogP contribution in [-0.4, -0.2) is 21.8 Å². The van der Waals surface area contributed by atoms with Crippen molar-refractivity contribution in [1.29, 1.82) is 0 Å². The van der Waals surface area contributed by atoms with Crippen LogP contribution in [-0.2, 0) is 0 Å². The Labute approximate surface area is 208 Å². The second-order valence-electron chi connectivity index (χ2n) is 8.27. The van der Waals surface area contributed by atoms with Crippen LogP contribution in [0.2, 0.25) is 0 Å². The lowest BCUT2D eigenvalue weighted by Crippen LogP contribution is -2.17. The minimum atomic E-state index is -0.589. The van der Waals surface area contributed by atoms with Gasteiger partial charge < -0.3 is 11.5 Å². The molecular weight excluding hydrogens is 448 g/mol. The van der Waals surface area contributed by atoms with E-state index in [9.17, 15) is 9.59 Å². The molecule has 5 aromatic rings. The quantitative estimate of drug-likeness (QED) is 0.349. The van der Waals surface area contributed by atoms with Crippen molar-refractivity contribution in [2.45, 2.75) is 0 Å². The van der Waals surface area contributed by atoms with Gasteiger partial charge in [-0.2, -0.15) is 0 Å². The molecule has 0 aliphatic carbocycles. The van der Waals surface area contributed by atoms with Gasteiger partial charge in [-0.15, -0.1) is 0 Å². The van der Waals surface area contributed by atoms with Gasteiger partial charge >= 0.3 is 0 Å². The SMILES string of the molecule is NC(=O)c1ccc(C(N)=O)c(-c2ccc(-c3ccncc3)cc2)c1-c1ccc(-c2ccncc2)cc1. The first-order valence-electron chi connectivity index (χ1n) is 11.3. The van der Waals surface area contributed by atoms with Gasteiger partial charge in [0, 0.05) is 47.0 Å². The first-order chi connectivity index (χ1) is 17.5. The predicted molar refractivity (Wildman–Crippen MR) is 141 cm³/mol. The number of nitrogens with two attached hydrogens (primary N) is 2. The highest BCUT2D eigenvalue weighted by Gasteiger charge is 2.22. The van der Waals surface area contributed by atoms with E-state index < -0.39 is 11.8 Å². The molecule has 2 heterocycles. The molecule has 0 unspecified atom stereocenters. The van der Waals surface area contributed by atoms with Gasteiger partial charge in [0.25, 0.3) is 0 Å². The van der Waals surface area contributed by atoms with E-state index in [4.69, 9.17) is 11.5 Å². The van der Waals surface area contributed by atoms with Crippen LogP contribution in [0.1, 0.15) is 20.7 Å². The standard InChI is InChI=1S/C30H22N4O2/c31-29(35)25-9-10-26(30(32)36)28(24-7-3-20(4-8-24)22-13-17-34-18-14-22)27(25)23-5-1-19(2-6-23)21-11-15-33-16-12-21/h1-18H,(H2,31,35)(H2,32,36). The molecule has 2 aromatic heterocycles. The number of pyridine rings is 2. The van der Waals surface area contributed by atoms with Crippen LogP contribution in [0.4, 0.5) is 0 Å². The average Bonchev–Trinajstić information content (AvgIpc) is 2.93. The lowest BCUT2D eigenvalue weighted by molar-refractivity contribution is 0.0989. The molecule has 0 aliphatic heterocycles. The molecule has 4 N–H and O–H groups in total. The van der Waals surface area contributed by atoms with Gasteiger partial charge in [-0.05, 0) is 69.8 Å². The maximum absolute atomic E-state index is 12.5. The zero-order valence-corrected chi connectivity index (χ0v) is 19.3. The summed E-state index contributed by atoms with van der Waals surface area (Å²) in [6.45, 7) is 0. The van der Waals surface area contributed by atoms with Crippen molar-refractivity contribution < 1.29 is 9.59 Å². The van der Waals surface area contributed by atoms with Gasteiger partial charge in [-0.1, -0.05) is 48.5 Å². The molecule has 5 rings (SSSR count). The van der Waals surface area contributed by atoms with Crippen molar-refractivity contribution in [3.8, 4) is 44.5 Å². The largest absolute Gasteiger partial charge is 0.366 e. The molecule has 36 heavy (non-hydrogen) atoms. The number of hydrogen-bond acceptors (Lipinski definition) is 4. The van der Waals surface area contributed by atoms with Crippen LogP contribution < -0.4 is 11.5 Å². The topological polar surface area (TPSA) is 112 Å². The van der Waals surface area contributed by atoms with Gasteiger partial charge in [0.2, 0.25) is 11.8 Å². The number of rotatable bonds is 6. The summed E-state index contributed by atoms with van der Waals surface area (Å²) in [6.07, 6.45) is 6.94. The van der Waals surface area contributed by atoms with E-state index >= 15 is 0 Å². The maximum Gasteiger partial charge on any atom is 0.249 e. The Hall–Kier alpha value is -5.10. The molecule has 0 bridgehead atoms. The fraction of sp³-hybridized carbons (Fsp3) is 0. The van der Waals surface area contributed by atoms with Crippen LogP contribution in [0.25, 0.3) is 44.5 Å². The van der Waals surface area contributed by atoms with E-state index in [1.54, 1.807) is 36.9 Å². The summed E-state index contributed by atoms with van der Waals surface area (Å²) >= 11 is 0. The summed E-state index contributed by atoms with van der Waals surface area (Å²) in [5, 5.41) is 0. The summed E-state index contributed by atoms with van der Waals surface area (Å²) in [5.74, 6) is -1.18. The first kappa shape index (κ1) is 22.7. The Kier molecular flexibility index (Phi) is 6.07. The number of hydrogen-bond donors (Lipinski definition) is 2. The number of amides is 2. The fourth-order valence-corrected chi connectivity index (χ4v) is 4.36. The molecule has 6 nitrogen and oxygen atoms in total. The molecule has 0 aliphatic rings. The van der Waals surface area contributed by atoms with E-state index in [1.165, 1.54) is 0 Å². The summed E-state index contributed by atoms with van der Waals surface area (Å²) in [5.41, 5.74) is 18.8. The van der Waals surface area contributed by atoms with Gasteiger partial charge in [0.1, 0.15) is 0 Å². The van der Waals surface area contributed by atoms with Crippen molar-refractivity contribution in [1.82, 2.24) is 9.97 Å². The molecule has 0 saturated carbocycles. The predicted octanol–water partition coefficient (Wildman–Crippen LogP) is 5.34. The summed E-state index contributed by atoms with van der Waals surface area (Å²) < 4.78 is 0. The molecule has 0 fully saturated rings. The van der Waals surface area contributed by atoms with Gasteiger partial charge in [0.15, 0.2) is 0 Å². The van der Waals surface area contributed by atoms with Crippen molar-refractivity contribution in [3.63, 3.8) is 0 Å². The van der Waals surface area contributed by atoms with Gasteiger partial charge in [0.05, 0.1) is 0 Å². The number of benzene rings is 3. The number of carbonyl (C=O) groups excluding carboxylic acids is 2. The third-order valence-corrected chi connectivity index (χ3v) is 6.11. The summed E-state index contributed by atoms with van der Waals surface area (Å²) in [7, 11) is 0. The molecule has 0 atom stereocenters. The molecule has 0 saturated heterocycles. The van der Waals surface area contributed by atoms with Crippen molar-refractivity contribution in [2.24, 2.45) is 11.5 Å². The van der Waals surface area contributed by atoms with Crippen molar-refractivity contribution in [3.05, 3.63) is 121 Å². The number of aromatic nitrogens is 2. The third kappa shape index (κ3) is 4.35. The van der Waals surface area contributed by atoms with Crippen molar-refractivity contribution >= 4 is 11.8 Å². The van der Waals surface area contributed by atoms with Crippen LogP contribution in [0, 0.1) is 0 Å². The summed E-state index contributed by atoms with van der Waals surface area (Å²) in [6, 6.07) is 26.3. The second-order valence-corrected chi connectivity index (χ2v) is 8.27. The Morgan fingerprint density at radius 1 is 0.417 bits per heavy atom. The Balaban J connectivity index is 1.69. The fourth-order valence-electron chi connectivity index (χ4n) is 4.36. The van der Waals surface area contributed by atoms with E-state index in [2.05, 4.69) is 9.97 Å². The Morgan fingerprint density at radius 3 is 1.00 bits per heavy atom. The lowest BCUT2D eigenvalue weighted by atomic mass is 9.85.